The van der Waals surface area contributed by atoms with Gasteiger partial charge in [-0.2, -0.15) is 0 Å². The van der Waals surface area contributed by atoms with Crippen molar-refractivity contribution in [3.63, 3.8) is 0 Å². The molecule has 0 amide bonds. The van der Waals surface area contributed by atoms with Gasteiger partial charge in [-0.25, -0.2) is 4.79 Å². The predicted octanol–water partition coefficient (Wildman–Crippen LogP) is 4.57. The van der Waals surface area contributed by atoms with Crippen LogP contribution < -0.4 is 0 Å². The molecule has 1 N–H and O–H groups in total. The lowest BCUT2D eigenvalue weighted by molar-refractivity contribution is 0.0698. The standard InChI is InChI=1S/C17H23NO2/c1-5-6-10-18-12(4)15(11(2)3)13-8-7-9-14(16(13)18)17(19)20/h7-9,11H,5-6,10H2,1-4H3,(H,19,20). The normalized spacial score (nSPS) is 11.4. The third-order valence-corrected chi connectivity index (χ3v) is 3.93. The van der Waals surface area contributed by atoms with Crippen molar-refractivity contribution < 1.29 is 9.90 Å². The van der Waals surface area contributed by atoms with Crippen LogP contribution in [0.4, 0.5) is 0 Å². The highest BCUT2D eigenvalue weighted by Gasteiger charge is 2.20. The van der Waals surface area contributed by atoms with Gasteiger partial charge in [0.25, 0.3) is 0 Å². The molecule has 0 aliphatic heterocycles. The van der Waals surface area contributed by atoms with Crippen LogP contribution in [0.15, 0.2) is 18.2 Å². The number of hydrogen-bond acceptors (Lipinski definition) is 1. The Kier molecular flexibility index (Phi) is 4.17. The second kappa shape index (κ2) is 5.70. The molecule has 0 aliphatic carbocycles. The average molecular weight is 273 g/mol. The van der Waals surface area contributed by atoms with E-state index < -0.39 is 5.97 Å². The molecule has 2 rings (SSSR count). The second-order valence-corrected chi connectivity index (χ2v) is 5.67. The van der Waals surface area contributed by atoms with Crippen molar-refractivity contribution in [3.8, 4) is 0 Å². The zero-order chi connectivity index (χ0) is 14.9. The molecule has 1 heterocycles. The largest absolute Gasteiger partial charge is 0.478 e. The molecule has 1 aromatic carbocycles. The fraction of sp³-hybridized carbons (Fsp3) is 0.471. The predicted molar refractivity (Wildman–Crippen MR) is 82.6 cm³/mol. The first-order valence-electron chi connectivity index (χ1n) is 7.34. The summed E-state index contributed by atoms with van der Waals surface area (Å²) in [5.41, 5.74) is 3.78. The van der Waals surface area contributed by atoms with E-state index in [4.69, 9.17) is 0 Å². The summed E-state index contributed by atoms with van der Waals surface area (Å²) in [4.78, 5) is 11.5. The van der Waals surface area contributed by atoms with Gasteiger partial charge in [0.1, 0.15) is 0 Å². The van der Waals surface area contributed by atoms with Crippen molar-refractivity contribution in [2.75, 3.05) is 0 Å². The van der Waals surface area contributed by atoms with E-state index in [0.717, 1.165) is 30.3 Å². The summed E-state index contributed by atoms with van der Waals surface area (Å²) >= 11 is 0. The van der Waals surface area contributed by atoms with Crippen molar-refractivity contribution in [2.45, 2.75) is 53.0 Å². The number of nitrogens with zero attached hydrogens (tertiary/aromatic N) is 1. The van der Waals surface area contributed by atoms with E-state index in [1.165, 1.54) is 11.3 Å². The quantitative estimate of drug-likeness (QED) is 0.867. The first kappa shape index (κ1) is 14.6. The number of benzene rings is 1. The maximum Gasteiger partial charge on any atom is 0.337 e. The Morgan fingerprint density at radius 3 is 2.60 bits per heavy atom. The number of aryl methyl sites for hydroxylation is 1. The summed E-state index contributed by atoms with van der Waals surface area (Å²) in [7, 11) is 0. The average Bonchev–Trinajstić information content (AvgIpc) is 2.67. The molecule has 0 saturated heterocycles. The molecule has 20 heavy (non-hydrogen) atoms. The maximum atomic E-state index is 11.5. The second-order valence-electron chi connectivity index (χ2n) is 5.67. The Morgan fingerprint density at radius 2 is 2.05 bits per heavy atom. The van der Waals surface area contributed by atoms with Crippen LogP contribution in [-0.4, -0.2) is 15.6 Å². The van der Waals surface area contributed by atoms with Crippen LogP contribution in [-0.2, 0) is 6.54 Å². The van der Waals surface area contributed by atoms with Crippen molar-refractivity contribution in [1.82, 2.24) is 4.57 Å². The van der Waals surface area contributed by atoms with Gasteiger partial charge >= 0.3 is 5.97 Å². The van der Waals surface area contributed by atoms with E-state index in [9.17, 15) is 9.90 Å². The number of carboxylic acid groups (broad SMARTS) is 1. The van der Waals surface area contributed by atoms with Crippen LogP contribution in [0.2, 0.25) is 0 Å². The van der Waals surface area contributed by atoms with Gasteiger partial charge in [-0.1, -0.05) is 39.3 Å². The molecule has 0 radical (unpaired) electrons. The van der Waals surface area contributed by atoms with Crippen molar-refractivity contribution >= 4 is 16.9 Å². The van der Waals surface area contributed by atoms with Gasteiger partial charge in [-0.3, -0.25) is 0 Å². The van der Waals surface area contributed by atoms with Gasteiger partial charge in [-0.05, 0) is 30.9 Å². The summed E-state index contributed by atoms with van der Waals surface area (Å²) in [6.45, 7) is 9.48. The SMILES string of the molecule is CCCCn1c(C)c(C(C)C)c2cccc(C(=O)O)c21. The van der Waals surface area contributed by atoms with Gasteiger partial charge in [0.05, 0.1) is 11.1 Å². The van der Waals surface area contributed by atoms with Gasteiger partial charge < -0.3 is 9.67 Å². The van der Waals surface area contributed by atoms with E-state index in [-0.39, 0.29) is 0 Å². The zero-order valence-corrected chi connectivity index (χ0v) is 12.7. The fourth-order valence-corrected chi connectivity index (χ4v) is 3.06. The highest BCUT2D eigenvalue weighted by atomic mass is 16.4. The number of fused-ring (bicyclic) bond motifs is 1. The number of para-hydroxylation sites is 1. The third kappa shape index (κ3) is 2.33. The van der Waals surface area contributed by atoms with E-state index in [0.29, 0.717) is 11.5 Å². The van der Waals surface area contributed by atoms with E-state index in [1.807, 2.05) is 12.1 Å². The first-order valence-corrected chi connectivity index (χ1v) is 7.34. The minimum absolute atomic E-state index is 0.393. The summed E-state index contributed by atoms with van der Waals surface area (Å²) in [6.07, 6.45) is 2.17. The monoisotopic (exact) mass is 273 g/mol. The highest BCUT2D eigenvalue weighted by molar-refractivity contribution is 6.04. The van der Waals surface area contributed by atoms with Crippen molar-refractivity contribution in [2.24, 2.45) is 0 Å². The van der Waals surface area contributed by atoms with Gasteiger partial charge in [0.2, 0.25) is 0 Å². The van der Waals surface area contributed by atoms with Crippen LogP contribution in [0.5, 0.6) is 0 Å². The van der Waals surface area contributed by atoms with Crippen LogP contribution in [0.3, 0.4) is 0 Å². The first-order chi connectivity index (χ1) is 9.49. The number of aromatic carboxylic acids is 1. The molecular formula is C17H23NO2. The van der Waals surface area contributed by atoms with Crippen LogP contribution in [0.25, 0.3) is 10.9 Å². The minimum atomic E-state index is -0.846. The summed E-state index contributed by atoms with van der Waals surface area (Å²) in [5.74, 6) is -0.453. The molecule has 3 nitrogen and oxygen atoms in total. The molecule has 0 atom stereocenters. The summed E-state index contributed by atoms with van der Waals surface area (Å²) in [5, 5.41) is 10.5. The van der Waals surface area contributed by atoms with Crippen molar-refractivity contribution in [3.05, 3.63) is 35.0 Å². The molecule has 0 bridgehead atoms. The highest BCUT2D eigenvalue weighted by Crippen LogP contribution is 2.33. The Morgan fingerprint density at radius 1 is 1.35 bits per heavy atom. The molecule has 0 saturated carbocycles. The molecule has 3 heteroatoms. The molecule has 0 spiro atoms. The Bertz CT molecular complexity index is 638. The number of carbonyl (C=O) groups is 1. The lowest BCUT2D eigenvalue weighted by Gasteiger charge is -2.10. The van der Waals surface area contributed by atoms with Crippen LogP contribution in [0.1, 0.15) is 61.1 Å². The number of unbranched alkanes of at least 4 members (excludes halogenated alkanes) is 1. The molecule has 0 aliphatic rings. The minimum Gasteiger partial charge on any atom is -0.478 e. The van der Waals surface area contributed by atoms with E-state index in [1.54, 1.807) is 6.07 Å². The molecule has 0 fully saturated rings. The topological polar surface area (TPSA) is 42.2 Å². The third-order valence-electron chi connectivity index (χ3n) is 3.93. The van der Waals surface area contributed by atoms with E-state index >= 15 is 0 Å². The van der Waals surface area contributed by atoms with E-state index in [2.05, 4.69) is 32.3 Å². The summed E-state index contributed by atoms with van der Waals surface area (Å²) in [6, 6.07) is 5.60. The Labute approximate surface area is 120 Å². The number of carboxylic acids is 1. The Hall–Kier alpha value is -1.77. The fourth-order valence-electron chi connectivity index (χ4n) is 3.06. The Balaban J connectivity index is 2.80. The molecule has 1 aromatic heterocycles. The lowest BCUT2D eigenvalue weighted by atomic mass is 9.99. The number of aromatic nitrogens is 1. The van der Waals surface area contributed by atoms with Gasteiger partial charge in [0, 0.05) is 17.6 Å². The number of rotatable bonds is 5. The summed E-state index contributed by atoms with van der Waals surface area (Å²) < 4.78 is 2.19. The zero-order valence-electron chi connectivity index (χ0n) is 12.7. The van der Waals surface area contributed by atoms with Gasteiger partial charge in [-0.15, -0.1) is 0 Å². The molecule has 2 aromatic rings. The van der Waals surface area contributed by atoms with Crippen molar-refractivity contribution in [1.29, 1.82) is 0 Å². The number of hydrogen-bond donors (Lipinski definition) is 1. The lowest BCUT2D eigenvalue weighted by Crippen LogP contribution is -2.05. The molecular weight excluding hydrogens is 250 g/mol. The van der Waals surface area contributed by atoms with Gasteiger partial charge in [0.15, 0.2) is 0 Å². The smallest absolute Gasteiger partial charge is 0.337 e. The maximum absolute atomic E-state index is 11.5. The van der Waals surface area contributed by atoms with Crippen LogP contribution in [0, 0.1) is 6.92 Å². The molecule has 0 unspecified atom stereocenters. The van der Waals surface area contributed by atoms with Crippen LogP contribution >= 0.6 is 0 Å². The molecule has 108 valence electrons.